The largest absolute Gasteiger partial charge is 0.466 e. The van der Waals surface area contributed by atoms with E-state index < -0.39 is 0 Å². The Morgan fingerprint density at radius 2 is 2.10 bits per heavy atom. The van der Waals surface area contributed by atoms with Gasteiger partial charge in [0.2, 0.25) is 0 Å². The summed E-state index contributed by atoms with van der Waals surface area (Å²) in [5.74, 6) is 0.354. The number of allylic oxidation sites excluding steroid dienone is 1. The molecule has 0 aliphatic carbocycles. The van der Waals surface area contributed by atoms with Gasteiger partial charge in [-0.1, -0.05) is 11.8 Å². The summed E-state index contributed by atoms with van der Waals surface area (Å²) >= 11 is 3.14. The summed E-state index contributed by atoms with van der Waals surface area (Å²) in [4.78, 5) is 26.9. The molecule has 7 heteroatoms. The fraction of sp³-hybridized carbons (Fsp3) is 0.571. The van der Waals surface area contributed by atoms with Crippen molar-refractivity contribution < 1.29 is 19.1 Å². The van der Waals surface area contributed by atoms with Gasteiger partial charge >= 0.3 is 11.9 Å². The number of hydrogen-bond acceptors (Lipinski definition) is 7. The van der Waals surface area contributed by atoms with Crippen LogP contribution in [0.15, 0.2) is 20.5 Å². The first-order valence-corrected chi connectivity index (χ1v) is 8.67. The van der Waals surface area contributed by atoms with Crippen molar-refractivity contribution in [3.8, 4) is 0 Å². The average molecular weight is 329 g/mol. The van der Waals surface area contributed by atoms with Crippen molar-refractivity contribution in [2.24, 2.45) is 0 Å². The maximum Gasteiger partial charge on any atom is 0.347 e. The highest BCUT2D eigenvalue weighted by molar-refractivity contribution is 8.09. The Morgan fingerprint density at radius 1 is 1.33 bits per heavy atom. The van der Waals surface area contributed by atoms with E-state index in [2.05, 4.69) is 4.90 Å². The molecule has 2 aliphatic rings. The SMILES string of the molecule is CCOC(=O)C1=C2SC(CCOC(C)=O)=C(C)N2CCS1. The molecular formula is C14H19NO4S2. The Morgan fingerprint density at radius 3 is 2.76 bits per heavy atom. The Labute approximate surface area is 133 Å². The molecule has 0 spiro atoms. The Kier molecular flexibility index (Phi) is 5.64. The van der Waals surface area contributed by atoms with Gasteiger partial charge < -0.3 is 14.4 Å². The summed E-state index contributed by atoms with van der Waals surface area (Å²) in [6, 6.07) is 0. The van der Waals surface area contributed by atoms with Crippen molar-refractivity contribution in [2.75, 3.05) is 25.5 Å². The molecule has 0 N–H and O–H groups in total. The van der Waals surface area contributed by atoms with Crippen LogP contribution in [0.25, 0.3) is 0 Å². The van der Waals surface area contributed by atoms with Crippen molar-refractivity contribution in [1.29, 1.82) is 0 Å². The molecule has 0 aromatic carbocycles. The smallest absolute Gasteiger partial charge is 0.347 e. The summed E-state index contributed by atoms with van der Waals surface area (Å²) in [6.07, 6.45) is 0.677. The number of thioether (sulfide) groups is 2. The lowest BCUT2D eigenvalue weighted by molar-refractivity contribution is -0.141. The zero-order valence-corrected chi connectivity index (χ0v) is 14.1. The minimum atomic E-state index is -0.268. The molecule has 0 saturated carbocycles. The average Bonchev–Trinajstić information content (AvgIpc) is 2.76. The number of hydrogen-bond donors (Lipinski definition) is 0. The van der Waals surface area contributed by atoms with E-state index in [4.69, 9.17) is 9.47 Å². The quantitative estimate of drug-likeness (QED) is 0.719. The van der Waals surface area contributed by atoms with Crippen molar-refractivity contribution in [3.05, 3.63) is 20.5 Å². The molecule has 2 rings (SSSR count). The molecule has 2 aliphatic heterocycles. The van der Waals surface area contributed by atoms with Gasteiger partial charge in [-0.05, 0) is 13.8 Å². The predicted octanol–water partition coefficient (Wildman–Crippen LogP) is 2.70. The van der Waals surface area contributed by atoms with Gasteiger partial charge in [0.25, 0.3) is 0 Å². The molecular weight excluding hydrogens is 310 g/mol. The van der Waals surface area contributed by atoms with Crippen LogP contribution >= 0.6 is 23.5 Å². The van der Waals surface area contributed by atoms with Gasteiger partial charge in [-0.15, -0.1) is 11.8 Å². The number of fused-ring (bicyclic) bond motifs is 1. The van der Waals surface area contributed by atoms with Crippen LogP contribution < -0.4 is 0 Å². The van der Waals surface area contributed by atoms with Crippen LogP contribution in [0.1, 0.15) is 27.2 Å². The van der Waals surface area contributed by atoms with Crippen molar-refractivity contribution >= 4 is 35.5 Å². The fourth-order valence-electron chi connectivity index (χ4n) is 2.15. The molecule has 0 atom stereocenters. The molecule has 0 saturated heterocycles. The van der Waals surface area contributed by atoms with Gasteiger partial charge in [-0.3, -0.25) is 4.79 Å². The Bertz CT molecular complexity index is 513. The topological polar surface area (TPSA) is 55.8 Å². The molecule has 0 unspecified atom stereocenters. The zero-order valence-electron chi connectivity index (χ0n) is 12.4. The van der Waals surface area contributed by atoms with Crippen LogP contribution in [-0.4, -0.2) is 42.3 Å². The van der Waals surface area contributed by atoms with Gasteiger partial charge in [0.15, 0.2) is 0 Å². The van der Waals surface area contributed by atoms with Crippen LogP contribution in [0.2, 0.25) is 0 Å². The van der Waals surface area contributed by atoms with E-state index >= 15 is 0 Å². The Hall–Kier alpha value is -1.08. The maximum atomic E-state index is 12.0. The number of esters is 2. The van der Waals surface area contributed by atoms with E-state index in [0.717, 1.165) is 27.9 Å². The van der Waals surface area contributed by atoms with Gasteiger partial charge in [-0.2, -0.15) is 0 Å². The number of ether oxygens (including phenoxy) is 2. The summed E-state index contributed by atoms with van der Waals surface area (Å²) < 4.78 is 10.1. The van der Waals surface area contributed by atoms with Crippen molar-refractivity contribution in [1.82, 2.24) is 4.90 Å². The van der Waals surface area contributed by atoms with Crippen LogP contribution in [0.5, 0.6) is 0 Å². The van der Waals surface area contributed by atoms with E-state index in [1.54, 1.807) is 23.5 Å². The lowest BCUT2D eigenvalue weighted by Crippen LogP contribution is -2.26. The molecule has 0 aromatic rings. The lowest BCUT2D eigenvalue weighted by atomic mass is 10.3. The molecule has 0 aromatic heterocycles. The first-order valence-electron chi connectivity index (χ1n) is 6.87. The normalized spacial score (nSPS) is 18.0. The summed E-state index contributed by atoms with van der Waals surface area (Å²) in [6.45, 7) is 6.90. The number of carbonyl (C=O) groups is 2. The molecule has 0 radical (unpaired) electrons. The maximum absolute atomic E-state index is 12.0. The minimum Gasteiger partial charge on any atom is -0.466 e. The highest BCUT2D eigenvalue weighted by Gasteiger charge is 2.33. The van der Waals surface area contributed by atoms with E-state index in [1.807, 2.05) is 13.8 Å². The van der Waals surface area contributed by atoms with E-state index in [1.165, 1.54) is 6.92 Å². The number of rotatable bonds is 5. The second-order valence-corrected chi connectivity index (χ2v) is 6.74. The second kappa shape index (κ2) is 7.26. The molecule has 0 fully saturated rings. The molecule has 5 nitrogen and oxygen atoms in total. The van der Waals surface area contributed by atoms with Crippen molar-refractivity contribution in [2.45, 2.75) is 27.2 Å². The van der Waals surface area contributed by atoms with E-state index in [-0.39, 0.29) is 11.9 Å². The van der Waals surface area contributed by atoms with Crippen molar-refractivity contribution in [3.63, 3.8) is 0 Å². The Balaban J connectivity index is 2.11. The van der Waals surface area contributed by atoms with Crippen LogP contribution in [0, 0.1) is 0 Å². The predicted molar refractivity (Wildman–Crippen MR) is 84.4 cm³/mol. The molecule has 21 heavy (non-hydrogen) atoms. The monoisotopic (exact) mass is 329 g/mol. The third kappa shape index (κ3) is 3.77. The molecule has 2 heterocycles. The van der Waals surface area contributed by atoms with Gasteiger partial charge in [-0.25, -0.2) is 4.79 Å². The van der Waals surface area contributed by atoms with Gasteiger partial charge in [0.05, 0.1) is 13.2 Å². The van der Waals surface area contributed by atoms with E-state index in [0.29, 0.717) is 24.5 Å². The third-order valence-electron chi connectivity index (χ3n) is 3.12. The van der Waals surface area contributed by atoms with Crippen LogP contribution in [0.3, 0.4) is 0 Å². The van der Waals surface area contributed by atoms with Gasteiger partial charge in [0, 0.05) is 36.2 Å². The third-order valence-corrected chi connectivity index (χ3v) is 5.65. The second-order valence-electron chi connectivity index (χ2n) is 4.56. The van der Waals surface area contributed by atoms with Crippen LogP contribution in [-0.2, 0) is 19.1 Å². The molecule has 116 valence electrons. The number of carbonyl (C=O) groups excluding carboxylic acids is 2. The first kappa shape index (κ1) is 16.3. The first-order chi connectivity index (χ1) is 10.0. The summed E-state index contributed by atoms with van der Waals surface area (Å²) in [7, 11) is 0. The van der Waals surface area contributed by atoms with Gasteiger partial charge in [0.1, 0.15) is 9.93 Å². The fourth-order valence-corrected chi connectivity index (χ4v) is 4.53. The van der Waals surface area contributed by atoms with Crippen LogP contribution in [0.4, 0.5) is 0 Å². The lowest BCUT2D eigenvalue weighted by Gasteiger charge is -2.27. The highest BCUT2D eigenvalue weighted by atomic mass is 32.2. The summed E-state index contributed by atoms with van der Waals surface area (Å²) in [5.41, 5.74) is 1.14. The zero-order chi connectivity index (χ0) is 15.4. The summed E-state index contributed by atoms with van der Waals surface area (Å²) in [5, 5.41) is 0.958. The standard InChI is InChI=1S/C14H19NO4S2/c1-4-18-14(17)12-13-15(6-8-20-12)9(2)11(21-13)5-7-19-10(3)16/h4-8H2,1-3H3. The molecule has 0 amide bonds. The molecule has 0 bridgehead atoms. The highest BCUT2D eigenvalue weighted by Crippen LogP contribution is 2.48. The van der Waals surface area contributed by atoms with E-state index in [9.17, 15) is 9.59 Å². The number of nitrogens with zero attached hydrogens (tertiary/aromatic N) is 1. The minimum absolute atomic E-state index is 0.247.